The van der Waals surface area contributed by atoms with E-state index in [4.69, 9.17) is 9.72 Å². The normalized spacial score (nSPS) is 13.5. The summed E-state index contributed by atoms with van der Waals surface area (Å²) in [7, 11) is 0. The van der Waals surface area contributed by atoms with Gasteiger partial charge >= 0.3 is 6.01 Å². The number of benzene rings is 2. The number of ether oxygens (including phenoxy) is 1. The molecule has 6 heteroatoms. The van der Waals surface area contributed by atoms with Crippen molar-refractivity contribution in [3.63, 3.8) is 0 Å². The average Bonchev–Trinajstić information content (AvgIpc) is 3.08. The SMILES string of the molecule is O=c1c2c3c(sc2nc(Oc2ccccc2)n1-c1ccccc1)CSCC3. The van der Waals surface area contributed by atoms with Crippen LogP contribution in [0.5, 0.6) is 11.8 Å². The number of para-hydroxylation sites is 2. The van der Waals surface area contributed by atoms with E-state index < -0.39 is 0 Å². The van der Waals surface area contributed by atoms with Gasteiger partial charge in [0.05, 0.1) is 11.1 Å². The molecule has 0 atom stereocenters. The summed E-state index contributed by atoms with van der Waals surface area (Å²) in [5.41, 5.74) is 1.87. The maximum Gasteiger partial charge on any atom is 0.310 e. The van der Waals surface area contributed by atoms with Gasteiger partial charge in [-0.15, -0.1) is 11.3 Å². The molecule has 4 aromatic rings. The molecule has 2 aromatic heterocycles. The Morgan fingerprint density at radius 1 is 1.00 bits per heavy atom. The summed E-state index contributed by atoms with van der Waals surface area (Å²) >= 11 is 3.53. The van der Waals surface area contributed by atoms with Gasteiger partial charge in [0.25, 0.3) is 5.56 Å². The van der Waals surface area contributed by atoms with Crippen LogP contribution in [0.2, 0.25) is 0 Å². The molecule has 0 saturated heterocycles. The molecule has 0 spiro atoms. The standard InChI is InChI=1S/C21H16N2O2S2/c24-20-18-16-11-12-26-13-17(16)27-19(18)22-21(25-15-9-5-2-6-10-15)23(20)14-7-3-1-4-8-14/h1-10H,11-13H2. The summed E-state index contributed by atoms with van der Waals surface area (Å²) < 4.78 is 7.63. The summed E-state index contributed by atoms with van der Waals surface area (Å²) in [6.07, 6.45) is 0.921. The van der Waals surface area contributed by atoms with Crippen molar-refractivity contribution in [1.29, 1.82) is 0 Å². The van der Waals surface area contributed by atoms with Crippen LogP contribution in [0.4, 0.5) is 0 Å². The Morgan fingerprint density at radius 2 is 1.74 bits per heavy atom. The minimum absolute atomic E-state index is 0.0541. The number of thiophene rings is 1. The Bertz CT molecular complexity index is 1170. The number of aryl methyl sites for hydroxylation is 1. The predicted octanol–water partition coefficient (Wildman–Crippen LogP) is 5.03. The molecule has 0 fully saturated rings. The Labute approximate surface area is 164 Å². The third-order valence-electron chi connectivity index (χ3n) is 4.57. The van der Waals surface area contributed by atoms with Crippen molar-refractivity contribution in [3.8, 4) is 17.4 Å². The first-order valence-corrected chi connectivity index (χ1v) is 10.7. The molecule has 27 heavy (non-hydrogen) atoms. The lowest BCUT2D eigenvalue weighted by molar-refractivity contribution is 0.427. The zero-order valence-corrected chi connectivity index (χ0v) is 16.1. The van der Waals surface area contributed by atoms with Gasteiger partial charge in [0, 0.05) is 10.6 Å². The molecule has 0 unspecified atom stereocenters. The van der Waals surface area contributed by atoms with Gasteiger partial charge in [-0.3, -0.25) is 4.79 Å². The quantitative estimate of drug-likeness (QED) is 0.491. The van der Waals surface area contributed by atoms with Crippen molar-refractivity contribution in [2.45, 2.75) is 12.2 Å². The highest BCUT2D eigenvalue weighted by Crippen LogP contribution is 2.37. The molecule has 4 nitrogen and oxygen atoms in total. The molecule has 1 aliphatic heterocycles. The molecule has 3 heterocycles. The minimum Gasteiger partial charge on any atom is -0.425 e. The fourth-order valence-corrected chi connectivity index (χ4v) is 5.66. The van der Waals surface area contributed by atoms with Crippen molar-refractivity contribution < 1.29 is 4.74 Å². The molecule has 0 saturated carbocycles. The summed E-state index contributed by atoms with van der Waals surface area (Å²) in [6, 6.07) is 19.3. The van der Waals surface area contributed by atoms with Gasteiger partial charge in [-0.1, -0.05) is 36.4 Å². The third kappa shape index (κ3) is 2.95. The summed E-state index contributed by atoms with van der Waals surface area (Å²) in [5, 5.41) is 0.750. The lowest BCUT2D eigenvalue weighted by Crippen LogP contribution is -2.22. The number of aromatic nitrogens is 2. The molecule has 5 rings (SSSR count). The number of hydrogen-bond donors (Lipinski definition) is 0. The van der Waals surface area contributed by atoms with Gasteiger partial charge in [0.2, 0.25) is 0 Å². The zero-order chi connectivity index (χ0) is 18.2. The van der Waals surface area contributed by atoms with E-state index in [0.717, 1.165) is 33.8 Å². The first kappa shape index (κ1) is 16.6. The monoisotopic (exact) mass is 392 g/mol. The molecular formula is C21H16N2O2S2. The van der Waals surface area contributed by atoms with E-state index in [1.807, 2.05) is 72.4 Å². The molecule has 0 bridgehead atoms. The topological polar surface area (TPSA) is 44.1 Å². The van der Waals surface area contributed by atoms with Crippen molar-refractivity contribution >= 4 is 33.3 Å². The molecule has 2 aromatic carbocycles. The van der Waals surface area contributed by atoms with Crippen LogP contribution in [0.15, 0.2) is 65.5 Å². The summed E-state index contributed by atoms with van der Waals surface area (Å²) in [4.78, 5) is 20.3. The number of rotatable bonds is 3. The van der Waals surface area contributed by atoms with Gasteiger partial charge < -0.3 is 4.74 Å². The van der Waals surface area contributed by atoms with Crippen LogP contribution in [-0.2, 0) is 12.2 Å². The smallest absolute Gasteiger partial charge is 0.310 e. The fraction of sp³-hybridized carbons (Fsp3) is 0.143. The Kier molecular flexibility index (Phi) is 4.22. The van der Waals surface area contributed by atoms with Crippen LogP contribution in [0.25, 0.3) is 15.9 Å². The second kappa shape index (κ2) is 6.87. The third-order valence-corrected chi connectivity index (χ3v) is 6.87. The number of fused-ring (bicyclic) bond motifs is 3. The second-order valence-electron chi connectivity index (χ2n) is 6.27. The number of nitrogens with zero attached hydrogens (tertiary/aromatic N) is 2. The van der Waals surface area contributed by atoms with Crippen LogP contribution in [0.3, 0.4) is 0 Å². The molecule has 1 aliphatic rings. The highest BCUT2D eigenvalue weighted by molar-refractivity contribution is 7.98. The molecule has 0 amide bonds. The van der Waals surface area contributed by atoms with Crippen LogP contribution in [0.1, 0.15) is 10.4 Å². The fourth-order valence-electron chi connectivity index (χ4n) is 3.32. The van der Waals surface area contributed by atoms with E-state index in [0.29, 0.717) is 11.8 Å². The zero-order valence-electron chi connectivity index (χ0n) is 14.4. The van der Waals surface area contributed by atoms with Crippen LogP contribution < -0.4 is 10.3 Å². The first-order valence-electron chi connectivity index (χ1n) is 8.74. The van der Waals surface area contributed by atoms with Crippen molar-refractivity contribution in [3.05, 3.63) is 81.5 Å². The molecule has 0 aliphatic carbocycles. The van der Waals surface area contributed by atoms with Crippen LogP contribution >= 0.6 is 23.1 Å². The van der Waals surface area contributed by atoms with E-state index in [-0.39, 0.29) is 5.56 Å². The van der Waals surface area contributed by atoms with E-state index >= 15 is 0 Å². The predicted molar refractivity (Wildman–Crippen MR) is 112 cm³/mol. The van der Waals surface area contributed by atoms with Gasteiger partial charge in [-0.2, -0.15) is 16.7 Å². The Hall–Kier alpha value is -2.57. The van der Waals surface area contributed by atoms with Crippen LogP contribution in [0, 0.1) is 0 Å². The molecule has 134 valence electrons. The highest BCUT2D eigenvalue weighted by Gasteiger charge is 2.23. The van der Waals surface area contributed by atoms with E-state index in [1.165, 1.54) is 10.4 Å². The van der Waals surface area contributed by atoms with E-state index in [2.05, 4.69) is 0 Å². The summed E-state index contributed by atoms with van der Waals surface area (Å²) in [6.45, 7) is 0. The van der Waals surface area contributed by atoms with E-state index in [9.17, 15) is 4.79 Å². The number of hydrogen-bond acceptors (Lipinski definition) is 5. The van der Waals surface area contributed by atoms with Crippen molar-refractivity contribution in [1.82, 2.24) is 9.55 Å². The average molecular weight is 393 g/mol. The van der Waals surface area contributed by atoms with E-state index in [1.54, 1.807) is 15.9 Å². The maximum absolute atomic E-state index is 13.5. The van der Waals surface area contributed by atoms with Gasteiger partial charge in [0.1, 0.15) is 10.6 Å². The summed E-state index contributed by atoms with van der Waals surface area (Å²) in [5.74, 6) is 2.66. The van der Waals surface area contributed by atoms with Gasteiger partial charge in [0.15, 0.2) is 0 Å². The lowest BCUT2D eigenvalue weighted by atomic mass is 10.1. The lowest BCUT2D eigenvalue weighted by Gasteiger charge is -2.14. The Morgan fingerprint density at radius 3 is 2.52 bits per heavy atom. The maximum atomic E-state index is 13.5. The largest absolute Gasteiger partial charge is 0.425 e. The molecule has 0 N–H and O–H groups in total. The van der Waals surface area contributed by atoms with Crippen LogP contribution in [-0.4, -0.2) is 15.3 Å². The van der Waals surface area contributed by atoms with Gasteiger partial charge in [-0.25, -0.2) is 4.57 Å². The molecular weight excluding hydrogens is 376 g/mol. The van der Waals surface area contributed by atoms with Gasteiger partial charge in [-0.05, 0) is 42.0 Å². The highest BCUT2D eigenvalue weighted by atomic mass is 32.2. The second-order valence-corrected chi connectivity index (χ2v) is 8.46. The Balaban J connectivity index is 1.78. The number of thioether (sulfide) groups is 1. The first-order chi connectivity index (χ1) is 13.3. The van der Waals surface area contributed by atoms with Crippen molar-refractivity contribution in [2.75, 3.05) is 5.75 Å². The minimum atomic E-state index is -0.0541. The van der Waals surface area contributed by atoms with Crippen molar-refractivity contribution in [2.24, 2.45) is 0 Å². The molecule has 0 radical (unpaired) electrons.